The summed E-state index contributed by atoms with van der Waals surface area (Å²) in [5, 5.41) is 0. The van der Waals surface area contributed by atoms with Crippen LogP contribution in [-0.4, -0.2) is 59.5 Å². The summed E-state index contributed by atoms with van der Waals surface area (Å²) in [6, 6.07) is 0. The van der Waals surface area contributed by atoms with Crippen LogP contribution in [0, 0.1) is 5.92 Å². The fourth-order valence-electron chi connectivity index (χ4n) is 2.50. The Bertz CT molecular complexity index is 368. The SMILES string of the molecule is CCN(C[C@H]1CCCN(C(=O)CCl)C1)C(=O)OC(C)(C)C. The molecule has 0 unspecified atom stereocenters. The van der Waals surface area contributed by atoms with Crippen LogP contribution in [0.5, 0.6) is 0 Å². The zero-order valence-electron chi connectivity index (χ0n) is 13.5. The van der Waals surface area contributed by atoms with Gasteiger partial charge in [0.25, 0.3) is 0 Å². The van der Waals surface area contributed by atoms with Crippen molar-refractivity contribution in [3.63, 3.8) is 0 Å². The van der Waals surface area contributed by atoms with E-state index in [1.54, 1.807) is 9.80 Å². The predicted molar refractivity (Wildman–Crippen MR) is 83.5 cm³/mol. The van der Waals surface area contributed by atoms with Crippen LogP contribution in [-0.2, 0) is 9.53 Å². The number of carbonyl (C=O) groups excluding carboxylic acids is 2. The van der Waals surface area contributed by atoms with E-state index >= 15 is 0 Å². The maximum absolute atomic E-state index is 12.1. The number of halogens is 1. The summed E-state index contributed by atoms with van der Waals surface area (Å²) in [5.74, 6) is 0.288. The van der Waals surface area contributed by atoms with E-state index in [0.29, 0.717) is 25.6 Å². The van der Waals surface area contributed by atoms with Crippen LogP contribution in [0.1, 0.15) is 40.5 Å². The van der Waals surface area contributed by atoms with E-state index < -0.39 is 5.60 Å². The third-order valence-corrected chi connectivity index (χ3v) is 3.73. The molecular formula is C15H27ClN2O3. The van der Waals surface area contributed by atoms with Gasteiger partial charge in [0.15, 0.2) is 0 Å². The van der Waals surface area contributed by atoms with E-state index in [9.17, 15) is 9.59 Å². The van der Waals surface area contributed by atoms with Gasteiger partial charge in [-0.15, -0.1) is 11.6 Å². The molecule has 122 valence electrons. The monoisotopic (exact) mass is 318 g/mol. The standard InChI is InChI=1S/C15H27ClN2O3/c1-5-17(14(20)21-15(2,3)4)10-12-7-6-8-18(11-12)13(19)9-16/h12H,5-11H2,1-4H3/t12-/m1/s1. The molecule has 21 heavy (non-hydrogen) atoms. The smallest absolute Gasteiger partial charge is 0.410 e. The average Bonchev–Trinajstić information content (AvgIpc) is 2.42. The molecule has 5 nitrogen and oxygen atoms in total. The first-order valence-electron chi connectivity index (χ1n) is 7.58. The molecular weight excluding hydrogens is 292 g/mol. The van der Waals surface area contributed by atoms with Gasteiger partial charge in [-0.1, -0.05) is 0 Å². The van der Waals surface area contributed by atoms with E-state index in [2.05, 4.69) is 0 Å². The van der Waals surface area contributed by atoms with Crippen molar-refractivity contribution in [2.45, 2.75) is 46.1 Å². The summed E-state index contributed by atoms with van der Waals surface area (Å²) in [6.07, 6.45) is 1.69. The molecule has 0 aliphatic carbocycles. The Morgan fingerprint density at radius 3 is 2.57 bits per heavy atom. The highest BCUT2D eigenvalue weighted by Gasteiger charge is 2.27. The molecule has 1 atom stereocenters. The number of piperidine rings is 1. The topological polar surface area (TPSA) is 49.9 Å². The van der Waals surface area contributed by atoms with E-state index in [0.717, 1.165) is 19.4 Å². The minimum atomic E-state index is -0.488. The highest BCUT2D eigenvalue weighted by atomic mass is 35.5. The van der Waals surface area contributed by atoms with Gasteiger partial charge in [-0.2, -0.15) is 0 Å². The van der Waals surface area contributed by atoms with Crippen LogP contribution < -0.4 is 0 Å². The van der Waals surface area contributed by atoms with Crippen molar-refractivity contribution in [1.82, 2.24) is 9.80 Å². The van der Waals surface area contributed by atoms with E-state index in [1.165, 1.54) is 0 Å². The van der Waals surface area contributed by atoms with Crippen molar-refractivity contribution in [1.29, 1.82) is 0 Å². The molecule has 0 N–H and O–H groups in total. The lowest BCUT2D eigenvalue weighted by molar-refractivity contribution is -0.130. The van der Waals surface area contributed by atoms with Crippen LogP contribution in [0.15, 0.2) is 0 Å². The van der Waals surface area contributed by atoms with Crippen molar-refractivity contribution < 1.29 is 14.3 Å². The third-order valence-electron chi connectivity index (χ3n) is 3.50. The van der Waals surface area contributed by atoms with Gasteiger partial charge >= 0.3 is 6.09 Å². The fraction of sp³-hybridized carbons (Fsp3) is 0.867. The van der Waals surface area contributed by atoms with Gasteiger partial charge in [0.1, 0.15) is 11.5 Å². The van der Waals surface area contributed by atoms with Crippen molar-refractivity contribution >= 4 is 23.6 Å². The first-order valence-corrected chi connectivity index (χ1v) is 8.12. The van der Waals surface area contributed by atoms with Gasteiger partial charge in [-0.25, -0.2) is 4.79 Å². The quantitative estimate of drug-likeness (QED) is 0.749. The Hall–Kier alpha value is -0.970. The molecule has 0 radical (unpaired) electrons. The zero-order valence-corrected chi connectivity index (χ0v) is 14.3. The molecule has 0 aromatic carbocycles. The summed E-state index contributed by atoms with van der Waals surface area (Å²) in [5.41, 5.74) is -0.488. The molecule has 6 heteroatoms. The molecule has 1 heterocycles. The van der Waals surface area contributed by atoms with Crippen molar-refractivity contribution in [2.75, 3.05) is 32.1 Å². The number of ether oxygens (including phenoxy) is 1. The van der Waals surface area contributed by atoms with Crippen molar-refractivity contribution in [3.05, 3.63) is 0 Å². The van der Waals surface area contributed by atoms with Crippen LogP contribution >= 0.6 is 11.6 Å². The molecule has 0 saturated carbocycles. The number of hydrogen-bond acceptors (Lipinski definition) is 3. The second-order valence-corrected chi connectivity index (χ2v) is 6.77. The lowest BCUT2D eigenvalue weighted by Gasteiger charge is -2.35. The number of carbonyl (C=O) groups is 2. The normalized spacial score (nSPS) is 19.3. The van der Waals surface area contributed by atoms with Crippen molar-refractivity contribution in [3.8, 4) is 0 Å². The number of likely N-dealkylation sites (tertiary alicyclic amines) is 1. The summed E-state index contributed by atoms with van der Waals surface area (Å²) in [7, 11) is 0. The molecule has 1 saturated heterocycles. The lowest BCUT2D eigenvalue weighted by Crippen LogP contribution is -2.46. The highest BCUT2D eigenvalue weighted by Crippen LogP contribution is 2.19. The Morgan fingerprint density at radius 2 is 2.05 bits per heavy atom. The molecule has 0 aromatic heterocycles. The molecule has 0 aromatic rings. The van der Waals surface area contributed by atoms with Gasteiger partial charge in [-0.05, 0) is 46.5 Å². The zero-order chi connectivity index (χ0) is 16.0. The molecule has 0 bridgehead atoms. The molecule has 1 rings (SSSR count). The predicted octanol–water partition coefficient (Wildman–Crippen LogP) is 2.72. The van der Waals surface area contributed by atoms with Gasteiger partial charge in [0.2, 0.25) is 5.91 Å². The van der Waals surface area contributed by atoms with Gasteiger partial charge in [0.05, 0.1) is 0 Å². The molecule has 1 fully saturated rings. The Kier molecular flexibility index (Phi) is 6.78. The molecule has 0 spiro atoms. The van der Waals surface area contributed by atoms with Crippen LogP contribution in [0.3, 0.4) is 0 Å². The number of rotatable bonds is 4. The lowest BCUT2D eigenvalue weighted by atomic mass is 9.97. The van der Waals surface area contributed by atoms with Gasteiger partial charge in [-0.3, -0.25) is 4.79 Å². The summed E-state index contributed by atoms with van der Waals surface area (Å²) < 4.78 is 5.41. The molecule has 2 amide bonds. The van der Waals surface area contributed by atoms with Crippen LogP contribution in [0.2, 0.25) is 0 Å². The van der Waals surface area contributed by atoms with Crippen LogP contribution in [0.4, 0.5) is 4.79 Å². The number of amides is 2. The van der Waals surface area contributed by atoms with E-state index in [1.807, 2.05) is 27.7 Å². The Labute approximate surface area is 132 Å². The van der Waals surface area contributed by atoms with E-state index in [4.69, 9.17) is 16.3 Å². The van der Waals surface area contributed by atoms with Gasteiger partial charge < -0.3 is 14.5 Å². The van der Waals surface area contributed by atoms with Crippen molar-refractivity contribution in [2.24, 2.45) is 5.92 Å². The third kappa shape index (κ3) is 6.12. The highest BCUT2D eigenvalue weighted by molar-refractivity contribution is 6.27. The second kappa shape index (κ2) is 7.87. The first kappa shape index (κ1) is 18.1. The maximum atomic E-state index is 12.1. The maximum Gasteiger partial charge on any atom is 0.410 e. The van der Waals surface area contributed by atoms with Crippen LogP contribution in [0.25, 0.3) is 0 Å². The van der Waals surface area contributed by atoms with Gasteiger partial charge in [0, 0.05) is 26.2 Å². The minimum absolute atomic E-state index is 0.0241. The number of hydrogen-bond donors (Lipinski definition) is 0. The average molecular weight is 319 g/mol. The molecule has 1 aliphatic rings. The van der Waals surface area contributed by atoms with E-state index in [-0.39, 0.29) is 17.9 Å². The number of alkyl halides is 1. The summed E-state index contributed by atoms with van der Waals surface area (Å²) >= 11 is 5.61. The summed E-state index contributed by atoms with van der Waals surface area (Å²) in [6.45, 7) is 10.2. The second-order valence-electron chi connectivity index (χ2n) is 6.50. The Morgan fingerprint density at radius 1 is 1.38 bits per heavy atom. The largest absolute Gasteiger partial charge is 0.444 e. The number of nitrogens with zero attached hydrogens (tertiary/aromatic N) is 2. The molecule has 1 aliphatic heterocycles. The fourth-order valence-corrected chi connectivity index (χ4v) is 2.67. The Balaban J connectivity index is 2.56. The first-order chi connectivity index (χ1) is 9.76. The summed E-state index contributed by atoms with van der Waals surface area (Å²) in [4.78, 5) is 27.3. The minimum Gasteiger partial charge on any atom is -0.444 e.